The van der Waals surface area contributed by atoms with E-state index in [4.69, 9.17) is 4.74 Å². The summed E-state index contributed by atoms with van der Waals surface area (Å²) in [4.78, 5) is 11.4. The van der Waals surface area contributed by atoms with Crippen LogP contribution in [0.2, 0.25) is 0 Å². The molecule has 24 heavy (non-hydrogen) atoms. The zero-order valence-electron chi connectivity index (χ0n) is 13.7. The lowest BCUT2D eigenvalue weighted by Gasteiger charge is -2.15. The van der Waals surface area contributed by atoms with Gasteiger partial charge in [0.05, 0.1) is 10.2 Å². The van der Waals surface area contributed by atoms with Crippen LogP contribution in [0.15, 0.2) is 0 Å². The molecule has 2 N–H and O–H groups in total. The van der Waals surface area contributed by atoms with Crippen molar-refractivity contribution >= 4 is 73.7 Å². The molecule has 0 aliphatic heterocycles. The lowest BCUT2D eigenvalue weighted by molar-refractivity contribution is 0.0691. The van der Waals surface area contributed by atoms with Gasteiger partial charge in [-0.05, 0) is 74.2 Å². The highest BCUT2D eigenvalue weighted by Gasteiger charge is 2.25. The number of halogens is 3. The van der Waals surface area contributed by atoms with Gasteiger partial charge >= 0.3 is 5.97 Å². The Balaban J connectivity index is 2.52. The fourth-order valence-corrected chi connectivity index (χ4v) is 4.83. The molecule has 0 bridgehead atoms. The first-order valence-corrected chi connectivity index (χ1v) is 11.4. The monoisotopic (exact) mass is 672 g/mol. The van der Waals surface area contributed by atoms with Crippen molar-refractivity contribution in [1.29, 1.82) is 0 Å². The topological polar surface area (TPSA) is 66.8 Å². The summed E-state index contributed by atoms with van der Waals surface area (Å²) in [7, 11) is 0. The first-order valence-electron chi connectivity index (χ1n) is 8.17. The van der Waals surface area contributed by atoms with Crippen molar-refractivity contribution in [3.8, 4) is 11.5 Å². The van der Waals surface area contributed by atoms with E-state index >= 15 is 0 Å². The highest BCUT2D eigenvalue weighted by atomic mass is 127. The highest BCUT2D eigenvalue weighted by molar-refractivity contribution is 14.1. The molecule has 0 amide bonds. The average molecular weight is 672 g/mol. The molecule has 0 unspecified atom stereocenters. The molecular weight excluding hydrogens is 649 g/mol. The number of benzene rings is 1. The molecule has 0 saturated heterocycles. The molecule has 0 aromatic heterocycles. The predicted octanol–water partition coefficient (Wildman–Crippen LogP) is 6.42. The Kier molecular flexibility index (Phi) is 11.2. The Hall–Kier alpha value is 0.480. The largest absolute Gasteiger partial charge is 0.504 e. The Morgan fingerprint density at radius 3 is 2.00 bits per heavy atom. The number of phenols is 1. The maximum atomic E-state index is 11.4. The summed E-state index contributed by atoms with van der Waals surface area (Å²) in [6.45, 7) is 2.71. The van der Waals surface area contributed by atoms with E-state index in [1.807, 2.05) is 22.6 Å². The summed E-state index contributed by atoms with van der Waals surface area (Å²) in [6.07, 6.45) is 9.66. The summed E-state index contributed by atoms with van der Waals surface area (Å²) in [5, 5.41) is 19.5. The summed E-state index contributed by atoms with van der Waals surface area (Å²) < 4.78 is 7.82. The minimum atomic E-state index is -1.14. The fraction of sp³-hybridized carbons (Fsp3) is 0.588. The van der Waals surface area contributed by atoms with Crippen molar-refractivity contribution in [2.45, 2.75) is 58.3 Å². The normalized spacial score (nSPS) is 10.8. The second kappa shape index (κ2) is 12.0. The van der Waals surface area contributed by atoms with E-state index in [0.717, 1.165) is 20.0 Å². The Bertz CT molecular complexity index is 562. The van der Waals surface area contributed by atoms with Crippen molar-refractivity contribution < 1.29 is 19.7 Å². The number of rotatable bonds is 11. The van der Waals surface area contributed by atoms with E-state index in [2.05, 4.69) is 52.1 Å². The molecule has 0 saturated carbocycles. The molecule has 0 atom stereocenters. The van der Waals surface area contributed by atoms with E-state index in [1.54, 1.807) is 0 Å². The maximum Gasteiger partial charge on any atom is 0.340 e. The number of carboxylic acids is 1. The van der Waals surface area contributed by atoms with Gasteiger partial charge in [-0.25, -0.2) is 4.79 Å². The van der Waals surface area contributed by atoms with Crippen LogP contribution in [0.4, 0.5) is 0 Å². The minimum Gasteiger partial charge on any atom is -0.504 e. The smallest absolute Gasteiger partial charge is 0.340 e. The van der Waals surface area contributed by atoms with Crippen molar-refractivity contribution in [3.63, 3.8) is 0 Å². The van der Waals surface area contributed by atoms with Gasteiger partial charge in [-0.1, -0.05) is 51.9 Å². The SMILES string of the molecule is CCCCCCCCCCOc1c(O)c(C(=O)O)c(I)c(I)c1I. The van der Waals surface area contributed by atoms with Crippen LogP contribution < -0.4 is 4.74 Å². The maximum absolute atomic E-state index is 11.4. The average Bonchev–Trinajstić information content (AvgIpc) is 2.53. The molecule has 0 spiro atoms. The molecule has 0 radical (unpaired) electrons. The van der Waals surface area contributed by atoms with Crippen LogP contribution in [0.25, 0.3) is 0 Å². The van der Waals surface area contributed by atoms with Gasteiger partial charge in [0, 0.05) is 7.14 Å². The van der Waals surface area contributed by atoms with Crippen LogP contribution in [0.5, 0.6) is 11.5 Å². The molecule has 136 valence electrons. The highest BCUT2D eigenvalue weighted by Crippen LogP contribution is 2.41. The molecule has 7 heteroatoms. The predicted molar refractivity (Wildman–Crippen MR) is 121 cm³/mol. The summed E-state index contributed by atoms with van der Waals surface area (Å²) >= 11 is 6.13. The molecule has 0 heterocycles. The molecule has 4 nitrogen and oxygen atoms in total. The van der Waals surface area contributed by atoms with Crippen LogP contribution in [-0.2, 0) is 0 Å². The van der Waals surface area contributed by atoms with Gasteiger partial charge in [0.2, 0.25) is 0 Å². The van der Waals surface area contributed by atoms with Gasteiger partial charge < -0.3 is 14.9 Å². The van der Waals surface area contributed by atoms with Crippen LogP contribution >= 0.6 is 67.8 Å². The summed E-state index contributed by atoms with van der Waals surface area (Å²) in [5.41, 5.74) is -0.0775. The van der Waals surface area contributed by atoms with Crippen molar-refractivity contribution in [2.75, 3.05) is 6.61 Å². The van der Waals surface area contributed by atoms with E-state index < -0.39 is 5.97 Å². The summed E-state index contributed by atoms with van der Waals surface area (Å²) in [5.74, 6) is -1.11. The fourth-order valence-electron chi connectivity index (χ4n) is 2.36. The number of carboxylic acid groups (broad SMARTS) is 1. The van der Waals surface area contributed by atoms with E-state index in [1.165, 1.54) is 38.5 Å². The zero-order chi connectivity index (χ0) is 18.1. The van der Waals surface area contributed by atoms with Gasteiger partial charge in [-0.15, -0.1) is 0 Å². The lowest BCUT2D eigenvalue weighted by Crippen LogP contribution is -2.08. The first kappa shape index (κ1) is 22.5. The molecular formula is C17H23I3O4. The number of hydrogen-bond donors (Lipinski definition) is 2. The molecule has 1 aromatic rings. The second-order valence-corrected chi connectivity index (χ2v) is 8.86. The standard InChI is InChI=1S/C17H23I3O4/c1-2-3-4-5-6-7-8-9-10-24-16-14(20)13(19)12(18)11(15(16)21)17(22)23/h21H,2-10H2,1H3,(H,22,23). The van der Waals surface area contributed by atoms with Gasteiger partial charge in [0.15, 0.2) is 11.5 Å². The van der Waals surface area contributed by atoms with E-state index in [9.17, 15) is 15.0 Å². The van der Waals surface area contributed by atoms with Gasteiger partial charge in [0.25, 0.3) is 0 Å². The van der Waals surface area contributed by atoms with E-state index in [0.29, 0.717) is 15.9 Å². The summed E-state index contributed by atoms with van der Waals surface area (Å²) in [6, 6.07) is 0. The Morgan fingerprint density at radius 1 is 0.917 bits per heavy atom. The van der Waals surface area contributed by atoms with Gasteiger partial charge in [-0.3, -0.25) is 0 Å². The van der Waals surface area contributed by atoms with Gasteiger partial charge in [0.1, 0.15) is 5.56 Å². The quantitative estimate of drug-likeness (QED) is 0.162. The second-order valence-electron chi connectivity index (χ2n) is 5.62. The number of ether oxygens (including phenoxy) is 1. The molecule has 0 fully saturated rings. The molecule has 1 aromatic carbocycles. The number of aromatic hydroxyl groups is 1. The molecule has 0 aliphatic carbocycles. The molecule has 1 rings (SSSR count). The number of carbonyl (C=O) groups is 1. The van der Waals surface area contributed by atoms with Crippen LogP contribution in [0.1, 0.15) is 68.6 Å². The van der Waals surface area contributed by atoms with Crippen molar-refractivity contribution in [1.82, 2.24) is 0 Å². The van der Waals surface area contributed by atoms with Crippen LogP contribution in [-0.4, -0.2) is 22.8 Å². The third kappa shape index (κ3) is 6.65. The van der Waals surface area contributed by atoms with Gasteiger partial charge in [-0.2, -0.15) is 0 Å². The number of hydrogen-bond acceptors (Lipinski definition) is 3. The zero-order valence-corrected chi connectivity index (χ0v) is 20.2. The number of unbranched alkanes of at least 4 members (excludes halogenated alkanes) is 7. The Labute approximate surface area is 184 Å². The Morgan fingerprint density at radius 2 is 1.46 bits per heavy atom. The lowest BCUT2D eigenvalue weighted by atomic mass is 10.1. The van der Waals surface area contributed by atoms with Crippen LogP contribution in [0.3, 0.4) is 0 Å². The minimum absolute atomic E-state index is 0.0775. The third-order valence-corrected chi connectivity index (χ3v) is 8.97. The van der Waals surface area contributed by atoms with Crippen LogP contribution in [0, 0.1) is 10.7 Å². The van der Waals surface area contributed by atoms with E-state index in [-0.39, 0.29) is 11.3 Å². The van der Waals surface area contributed by atoms with Crippen molar-refractivity contribution in [3.05, 3.63) is 16.3 Å². The third-order valence-electron chi connectivity index (χ3n) is 3.71. The number of aromatic carboxylic acids is 1. The molecule has 0 aliphatic rings. The van der Waals surface area contributed by atoms with Crippen molar-refractivity contribution in [2.24, 2.45) is 0 Å². The first-order chi connectivity index (χ1) is 11.4.